The fourth-order valence-corrected chi connectivity index (χ4v) is 1.19. The fraction of sp³-hybridized carbons (Fsp3) is 0.364. The van der Waals surface area contributed by atoms with E-state index in [0.717, 1.165) is 6.07 Å². The molecule has 1 rings (SSSR count). The number of rotatable bonds is 1. The molecule has 1 N–H and O–H groups in total. The second kappa shape index (κ2) is 4.82. The topological polar surface area (TPSA) is 38.3 Å². The Morgan fingerprint density at radius 1 is 1.35 bits per heavy atom. The number of benzene rings is 1. The molecule has 0 spiro atoms. The van der Waals surface area contributed by atoms with Gasteiger partial charge in [0.25, 0.3) is 0 Å². The van der Waals surface area contributed by atoms with Gasteiger partial charge in [-0.05, 0) is 26.8 Å². The van der Waals surface area contributed by atoms with E-state index in [1.807, 2.05) is 0 Å². The molecule has 1 aromatic carbocycles. The zero-order valence-corrected chi connectivity index (χ0v) is 10.0. The highest BCUT2D eigenvalue weighted by molar-refractivity contribution is 6.40. The molecule has 0 aliphatic rings. The monoisotopic (exact) mass is 231 g/mol. The molecule has 0 bridgehead atoms. The lowest BCUT2D eigenvalue weighted by Crippen LogP contribution is -2.30. The highest BCUT2D eigenvalue weighted by atomic mass is 19.1. The molecule has 0 unspecified atom stereocenters. The normalized spacial score (nSPS) is 11.1. The molecule has 4 radical (unpaired) electrons. The fourth-order valence-electron chi connectivity index (χ4n) is 1.19. The van der Waals surface area contributed by atoms with E-state index >= 15 is 0 Å². The summed E-state index contributed by atoms with van der Waals surface area (Å²) in [6, 6.07) is 2.43. The number of anilines is 1. The van der Waals surface area contributed by atoms with Gasteiger partial charge in [0.05, 0.1) is 5.69 Å². The first-order chi connectivity index (χ1) is 7.69. The van der Waals surface area contributed by atoms with E-state index in [0.29, 0.717) is 0 Å². The number of ether oxygens (including phenoxy) is 1. The van der Waals surface area contributed by atoms with Crippen LogP contribution < -0.4 is 16.2 Å². The molecular weight excluding hydrogens is 219 g/mol. The van der Waals surface area contributed by atoms with Crippen molar-refractivity contribution < 1.29 is 13.9 Å². The standard InChI is InChI=1S/C11H12B2FNO2/c1-11(2,3)17-10(16)15-9-7(13)4-6(12)5-8(9)14/h4-5H,1-3H3,(H,15,16). The quantitative estimate of drug-likeness (QED) is 0.724. The zero-order chi connectivity index (χ0) is 13.2. The first-order valence-corrected chi connectivity index (χ1v) is 5.03. The van der Waals surface area contributed by atoms with E-state index in [1.54, 1.807) is 20.8 Å². The molecular formula is C11H12B2FNO2. The van der Waals surface area contributed by atoms with Crippen LogP contribution in [0.3, 0.4) is 0 Å². The van der Waals surface area contributed by atoms with Crippen LogP contribution in [0.1, 0.15) is 20.8 Å². The maximum absolute atomic E-state index is 13.5. The molecule has 0 aliphatic heterocycles. The number of nitrogens with one attached hydrogen (secondary N) is 1. The Hall–Kier alpha value is -1.45. The molecule has 3 nitrogen and oxygen atoms in total. The first-order valence-electron chi connectivity index (χ1n) is 5.03. The van der Waals surface area contributed by atoms with Crippen LogP contribution in [-0.2, 0) is 4.74 Å². The summed E-state index contributed by atoms with van der Waals surface area (Å²) in [6.45, 7) is 5.11. The van der Waals surface area contributed by atoms with Crippen molar-refractivity contribution >= 4 is 38.4 Å². The molecule has 1 amide bonds. The van der Waals surface area contributed by atoms with E-state index < -0.39 is 17.5 Å². The second-order valence-corrected chi connectivity index (χ2v) is 4.59. The smallest absolute Gasteiger partial charge is 0.412 e. The van der Waals surface area contributed by atoms with Gasteiger partial charge in [0.15, 0.2) is 0 Å². The van der Waals surface area contributed by atoms with Crippen LogP contribution in [0.5, 0.6) is 0 Å². The van der Waals surface area contributed by atoms with Gasteiger partial charge in [-0.1, -0.05) is 17.0 Å². The van der Waals surface area contributed by atoms with Gasteiger partial charge in [-0.3, -0.25) is 5.32 Å². The Bertz CT molecular complexity index is 421. The minimum Gasteiger partial charge on any atom is -0.444 e. The summed E-state index contributed by atoms with van der Waals surface area (Å²) in [7, 11) is 10.9. The van der Waals surface area contributed by atoms with E-state index in [1.165, 1.54) is 6.07 Å². The van der Waals surface area contributed by atoms with Gasteiger partial charge < -0.3 is 4.74 Å². The lowest BCUT2D eigenvalue weighted by atomic mass is 9.86. The Balaban J connectivity index is 2.86. The SMILES string of the molecule is [B]c1cc([B])c(NC(=O)OC(C)(C)C)c(F)c1. The number of hydrogen-bond acceptors (Lipinski definition) is 2. The summed E-state index contributed by atoms with van der Waals surface area (Å²) in [5.74, 6) is -0.701. The molecule has 86 valence electrons. The predicted molar refractivity (Wildman–Crippen MR) is 67.0 cm³/mol. The van der Waals surface area contributed by atoms with Crippen LogP contribution >= 0.6 is 0 Å². The average molecular weight is 231 g/mol. The van der Waals surface area contributed by atoms with Crippen molar-refractivity contribution in [1.82, 2.24) is 0 Å². The van der Waals surface area contributed by atoms with Gasteiger partial charge in [-0.15, -0.1) is 0 Å². The van der Waals surface area contributed by atoms with E-state index in [4.69, 9.17) is 20.4 Å². The van der Waals surface area contributed by atoms with Crippen molar-refractivity contribution in [2.75, 3.05) is 5.32 Å². The maximum atomic E-state index is 13.5. The summed E-state index contributed by atoms with van der Waals surface area (Å²) in [5.41, 5.74) is -0.556. The molecule has 0 saturated carbocycles. The van der Waals surface area contributed by atoms with Crippen molar-refractivity contribution in [3.63, 3.8) is 0 Å². The predicted octanol–water partition coefficient (Wildman–Crippen LogP) is 0.760. The maximum Gasteiger partial charge on any atom is 0.412 e. The van der Waals surface area contributed by atoms with Crippen molar-refractivity contribution in [1.29, 1.82) is 0 Å². The van der Waals surface area contributed by atoms with Gasteiger partial charge >= 0.3 is 6.09 Å². The Labute approximate surface area is 103 Å². The average Bonchev–Trinajstić information content (AvgIpc) is 2.08. The van der Waals surface area contributed by atoms with Crippen molar-refractivity contribution in [2.24, 2.45) is 0 Å². The van der Waals surface area contributed by atoms with E-state index in [9.17, 15) is 9.18 Å². The van der Waals surface area contributed by atoms with Crippen LogP contribution in [0.4, 0.5) is 14.9 Å². The summed E-state index contributed by atoms with van der Waals surface area (Å²) in [5, 5.41) is 2.25. The van der Waals surface area contributed by atoms with E-state index in [2.05, 4.69) is 5.32 Å². The Kier molecular flexibility index (Phi) is 3.86. The first kappa shape index (κ1) is 13.6. The van der Waals surface area contributed by atoms with Crippen LogP contribution in [0.2, 0.25) is 0 Å². The van der Waals surface area contributed by atoms with Crippen LogP contribution in [0.15, 0.2) is 12.1 Å². The lowest BCUT2D eigenvalue weighted by Gasteiger charge is -2.20. The lowest BCUT2D eigenvalue weighted by molar-refractivity contribution is 0.0635. The third kappa shape index (κ3) is 4.13. The second-order valence-electron chi connectivity index (χ2n) is 4.59. The minimum atomic E-state index is -0.770. The van der Waals surface area contributed by atoms with Gasteiger partial charge in [0, 0.05) is 0 Å². The van der Waals surface area contributed by atoms with Crippen LogP contribution in [0, 0.1) is 5.82 Å². The molecule has 0 atom stereocenters. The summed E-state index contributed by atoms with van der Waals surface area (Å²) in [6.07, 6.45) is -0.770. The van der Waals surface area contributed by atoms with Gasteiger partial charge in [0.1, 0.15) is 27.1 Å². The summed E-state index contributed by atoms with van der Waals surface area (Å²) in [4.78, 5) is 11.4. The number of halogens is 1. The third-order valence-electron chi connectivity index (χ3n) is 1.77. The number of carbonyl (C=O) groups is 1. The highest BCUT2D eigenvalue weighted by Crippen LogP contribution is 2.12. The molecule has 6 heteroatoms. The summed E-state index contributed by atoms with van der Waals surface area (Å²) < 4.78 is 18.5. The number of carbonyl (C=O) groups excluding carboxylic acids is 1. The molecule has 17 heavy (non-hydrogen) atoms. The van der Waals surface area contributed by atoms with Gasteiger partial charge in [-0.2, -0.15) is 0 Å². The highest BCUT2D eigenvalue weighted by Gasteiger charge is 2.18. The number of hydrogen-bond donors (Lipinski definition) is 1. The molecule has 1 aromatic rings. The summed E-state index contributed by atoms with van der Waals surface area (Å²) >= 11 is 0. The van der Waals surface area contributed by atoms with Crippen LogP contribution in [0.25, 0.3) is 0 Å². The van der Waals surface area contributed by atoms with Crippen LogP contribution in [-0.4, -0.2) is 27.4 Å². The molecule has 0 aromatic heterocycles. The molecule has 0 aliphatic carbocycles. The molecule has 0 fully saturated rings. The Morgan fingerprint density at radius 3 is 2.41 bits per heavy atom. The van der Waals surface area contributed by atoms with Crippen molar-refractivity contribution in [3.8, 4) is 0 Å². The van der Waals surface area contributed by atoms with Crippen molar-refractivity contribution in [3.05, 3.63) is 17.9 Å². The number of amides is 1. The third-order valence-corrected chi connectivity index (χ3v) is 1.77. The van der Waals surface area contributed by atoms with Crippen molar-refractivity contribution in [2.45, 2.75) is 26.4 Å². The zero-order valence-electron chi connectivity index (χ0n) is 10.0. The molecule has 0 saturated heterocycles. The van der Waals surface area contributed by atoms with E-state index in [-0.39, 0.29) is 16.6 Å². The van der Waals surface area contributed by atoms with Gasteiger partial charge in [0.2, 0.25) is 0 Å². The Morgan fingerprint density at radius 2 is 1.94 bits per heavy atom. The molecule has 0 heterocycles. The minimum absolute atomic E-state index is 0.0494. The van der Waals surface area contributed by atoms with Gasteiger partial charge in [-0.25, -0.2) is 9.18 Å². The largest absolute Gasteiger partial charge is 0.444 e.